The van der Waals surface area contributed by atoms with E-state index in [0.717, 1.165) is 193 Å². The molecular formula is C102H115N29O9. The van der Waals surface area contributed by atoms with E-state index in [1.165, 1.54) is 11.1 Å². The molecule has 4 saturated heterocycles. The summed E-state index contributed by atoms with van der Waals surface area (Å²) in [5.41, 5.74) is 15.3. The molecule has 0 atom stereocenters. The van der Waals surface area contributed by atoms with Gasteiger partial charge in [0.05, 0.1) is 108 Å². The second-order valence-corrected chi connectivity index (χ2v) is 35.2. The molecule has 7 aliphatic rings. The highest BCUT2D eigenvalue weighted by molar-refractivity contribution is 6.12. The fourth-order valence-electron chi connectivity index (χ4n) is 17.4. The number of ether oxygens (including phenoxy) is 2. The van der Waals surface area contributed by atoms with E-state index in [9.17, 15) is 33.6 Å². The first kappa shape index (κ1) is 96.3. The number of hydrogen-bond donors (Lipinski definition) is 8. The maximum atomic E-state index is 13.4. The van der Waals surface area contributed by atoms with Crippen molar-refractivity contribution in [2.45, 2.75) is 39.3 Å². The molecule has 10 aromatic heterocycles. The van der Waals surface area contributed by atoms with Crippen LogP contribution in [-0.4, -0.2) is 278 Å². The highest BCUT2D eigenvalue weighted by Crippen LogP contribution is 2.36. The number of rotatable bonds is 27. The number of nitrogens with zero attached hydrogens (tertiary/aromatic N) is 21. The molecule has 8 N–H and O–H groups in total. The van der Waals surface area contributed by atoms with Crippen molar-refractivity contribution in [3.8, 4) is 11.6 Å². The first-order valence-electron chi connectivity index (χ1n) is 46.9. The van der Waals surface area contributed by atoms with Gasteiger partial charge < -0.3 is 86.3 Å². The molecule has 0 unspecified atom stereocenters. The van der Waals surface area contributed by atoms with Gasteiger partial charge in [0.2, 0.25) is 0 Å². The van der Waals surface area contributed by atoms with Gasteiger partial charge in [0, 0.05) is 186 Å². The maximum absolute atomic E-state index is 13.4. The van der Waals surface area contributed by atoms with E-state index in [1.807, 2.05) is 166 Å². The van der Waals surface area contributed by atoms with Crippen molar-refractivity contribution >= 4 is 109 Å². The molecule has 17 heterocycles. The molecular weight excluding hydrogens is 1780 g/mol. The summed E-state index contributed by atoms with van der Waals surface area (Å²) in [4.78, 5) is 152. The minimum atomic E-state index is -0.356. The lowest BCUT2D eigenvalue weighted by atomic mass is 10.1. The first-order valence-corrected chi connectivity index (χ1v) is 46.9. The summed E-state index contributed by atoms with van der Waals surface area (Å²) in [6, 6.07) is 49.6. The molecule has 140 heavy (non-hydrogen) atoms. The number of pyridine rings is 9. The number of piperazine rings is 4. The van der Waals surface area contributed by atoms with Gasteiger partial charge in [-0.15, -0.1) is 0 Å². The Morgan fingerprint density at radius 3 is 1.25 bits per heavy atom. The van der Waals surface area contributed by atoms with Gasteiger partial charge in [-0.1, -0.05) is 48.5 Å². The molecule has 722 valence electrons. The number of fused-ring (bicyclic) bond motifs is 4. The van der Waals surface area contributed by atoms with Crippen molar-refractivity contribution in [2.24, 2.45) is 0 Å². The zero-order chi connectivity index (χ0) is 97.0. The summed E-state index contributed by atoms with van der Waals surface area (Å²) in [7, 11) is 11.8. The number of carbonyl (C=O) groups excluding carboxylic acids is 6. The number of amides is 6. The van der Waals surface area contributed by atoms with E-state index in [-0.39, 0.29) is 58.2 Å². The van der Waals surface area contributed by atoms with Crippen LogP contribution in [0.5, 0.6) is 5.75 Å². The van der Waals surface area contributed by atoms with Crippen LogP contribution in [0.2, 0.25) is 0 Å². The molecule has 0 bridgehead atoms. The van der Waals surface area contributed by atoms with Crippen molar-refractivity contribution < 1.29 is 38.2 Å². The number of carbonyl (C=O) groups is 6. The highest BCUT2D eigenvalue weighted by atomic mass is 16.5. The summed E-state index contributed by atoms with van der Waals surface area (Å²) in [5, 5.41) is 25.2. The minimum absolute atomic E-state index is 0.136. The summed E-state index contributed by atoms with van der Waals surface area (Å²) in [6.07, 6.45) is 17.3. The van der Waals surface area contributed by atoms with E-state index in [1.54, 1.807) is 135 Å². The molecule has 13 aromatic rings. The Hall–Kier alpha value is -15.4. The zero-order valence-electron chi connectivity index (χ0n) is 79.3. The molecule has 20 rings (SSSR count). The Bertz CT molecular complexity index is 6510. The normalized spacial score (nSPS) is 15.0. The Balaban J connectivity index is 0.000000129. The van der Waals surface area contributed by atoms with E-state index in [0.29, 0.717) is 96.6 Å². The fourth-order valence-corrected chi connectivity index (χ4v) is 17.4. The van der Waals surface area contributed by atoms with Crippen molar-refractivity contribution in [1.29, 1.82) is 0 Å². The van der Waals surface area contributed by atoms with Gasteiger partial charge in [-0.25, -0.2) is 29.3 Å². The fraction of sp³-hybridized carbons (Fsp3) is 0.314. The summed E-state index contributed by atoms with van der Waals surface area (Å²) in [5.74, 6) is 1.20. The van der Waals surface area contributed by atoms with Crippen LogP contribution >= 0.6 is 0 Å². The van der Waals surface area contributed by atoms with Crippen LogP contribution < -0.4 is 87.3 Å². The van der Waals surface area contributed by atoms with Gasteiger partial charge in [0.25, 0.3) is 35.4 Å². The number of hydrogen-bond acceptors (Lipinski definition) is 30. The minimum Gasteiger partial charge on any atom is -0.492 e. The SMILES string of the molecule is CN(C)CCOc1ccc2c(c1)CN(c1cccc(C(=O)Nc3cnccc3N3CCNCC3)n1)C2=O.CN(C)CCn1c(=O)n(-c2cccc(C(=O)Nc3cnccc3N3CCNCC3)n2)c2ccccc21.CN(C)COCc1ccc2c(c1)C(=O)N(c1cccc(C(=O)Nc3cnccc3N3CCNCC3)n1)C2.O=C(Nc1cnccc1N1CCNCC1)c1cccc(N2Cc3ccncc3C2)n1. The number of anilines is 11. The third-order valence-electron chi connectivity index (χ3n) is 24.6. The summed E-state index contributed by atoms with van der Waals surface area (Å²) in [6.45, 7) is 19.9. The quantitative estimate of drug-likeness (QED) is 0.0224. The number of nitrogens with one attached hydrogen (secondary N) is 8. The first-order chi connectivity index (χ1) is 68.3. The molecule has 0 saturated carbocycles. The number of aromatic nitrogens is 11. The molecule has 6 amide bonds. The number of likely N-dealkylation sites (N-methyl/N-ethyl adjacent to an activating group) is 2. The van der Waals surface area contributed by atoms with E-state index in [2.05, 4.69) is 112 Å². The third kappa shape index (κ3) is 23.5. The van der Waals surface area contributed by atoms with E-state index in [4.69, 9.17) is 9.47 Å². The largest absolute Gasteiger partial charge is 0.492 e. The van der Waals surface area contributed by atoms with Crippen molar-refractivity contribution in [1.82, 2.24) is 90.0 Å². The molecule has 3 aromatic carbocycles. The highest BCUT2D eigenvalue weighted by Gasteiger charge is 2.34. The zero-order valence-corrected chi connectivity index (χ0v) is 79.3. The van der Waals surface area contributed by atoms with E-state index >= 15 is 0 Å². The second kappa shape index (κ2) is 45.7. The molecule has 38 nitrogen and oxygen atoms in total. The standard InChI is InChI=1S/2C27H31N7O3.C26H30N8O2.C22H23N7O/c1-32(2)18-37-17-19-6-7-20-16-34(27(36)21(20)14-19)25-5-3-4-22(30-25)26(35)31-23-15-29-9-8-24(23)33-12-10-28-11-13-33;1-32(2)14-15-37-20-6-7-21-19(16-20)18-34(27(21)36)25-5-3-4-22(30-25)26(35)31-23-17-29-9-8-24(23)33-12-10-28-11-13-33;1-31(2)16-17-33-22-7-3-4-8-23(22)34(26(33)36)24-9-5-6-19(29-24)25(35)30-20-18-28-11-10-21(20)32-14-12-27-13-15-32;30-22(27-19-13-25-7-5-20(19)28-10-8-23-9-11-28)18-2-1-3-21(26-18)29-14-16-4-6-24-12-17(16)15-29/h3-9,14-15,28H,10-13,16-18H2,1-2H3,(H,31,35);3-9,16-17,28H,10-15,18H2,1-2H3,(H,31,35);3-11,18,27H,12-17H2,1-2H3,(H,30,35);1-7,12-13,23H,8-11,14-15H2,(H,27,30). The average molecular weight is 1890 g/mol. The molecule has 0 radical (unpaired) electrons. The molecule has 4 fully saturated rings. The summed E-state index contributed by atoms with van der Waals surface area (Å²) < 4.78 is 14.8. The smallest absolute Gasteiger partial charge is 0.334 e. The van der Waals surface area contributed by atoms with Crippen LogP contribution in [-0.2, 0) is 44.1 Å². The van der Waals surface area contributed by atoms with Crippen molar-refractivity contribution in [3.05, 3.63) is 298 Å². The van der Waals surface area contributed by atoms with Crippen LogP contribution in [0, 0.1) is 0 Å². The third-order valence-corrected chi connectivity index (χ3v) is 24.6. The van der Waals surface area contributed by atoms with Gasteiger partial charge in [0.1, 0.15) is 58.4 Å². The molecule has 0 spiro atoms. The molecule has 7 aliphatic heterocycles. The van der Waals surface area contributed by atoms with Gasteiger partial charge in [0.15, 0.2) is 0 Å². The lowest BCUT2D eigenvalue weighted by Crippen LogP contribution is -2.43. The number of benzene rings is 3. The topological polar surface area (TPSA) is 392 Å². The lowest BCUT2D eigenvalue weighted by Gasteiger charge is -2.30. The Labute approximate surface area is 811 Å². The predicted molar refractivity (Wildman–Crippen MR) is 541 cm³/mol. The summed E-state index contributed by atoms with van der Waals surface area (Å²) >= 11 is 0. The number of para-hydroxylation sites is 2. The number of imidazole rings is 1. The average Bonchev–Trinajstić information content (AvgIpc) is 1.61. The molecule has 38 heteroatoms. The van der Waals surface area contributed by atoms with Crippen LogP contribution in [0.3, 0.4) is 0 Å². The van der Waals surface area contributed by atoms with Crippen molar-refractivity contribution in [3.63, 3.8) is 0 Å². The lowest BCUT2D eigenvalue weighted by molar-refractivity contribution is 0.0450. The van der Waals surface area contributed by atoms with Crippen LogP contribution in [0.4, 0.5) is 63.0 Å². The van der Waals surface area contributed by atoms with Gasteiger partial charge >= 0.3 is 5.69 Å². The Morgan fingerprint density at radius 2 is 0.786 bits per heavy atom. The predicted octanol–water partition coefficient (Wildman–Crippen LogP) is 8.43. The van der Waals surface area contributed by atoms with E-state index < -0.39 is 0 Å². The van der Waals surface area contributed by atoms with Gasteiger partial charge in [-0.3, -0.25) is 73.0 Å². The Kier molecular flexibility index (Phi) is 31.4. The maximum Gasteiger partial charge on any atom is 0.334 e. The second-order valence-electron chi connectivity index (χ2n) is 35.2. The van der Waals surface area contributed by atoms with Crippen LogP contribution in [0.25, 0.3) is 16.9 Å². The van der Waals surface area contributed by atoms with Crippen LogP contribution in [0.1, 0.15) is 90.5 Å². The van der Waals surface area contributed by atoms with Crippen molar-refractivity contribution in [2.75, 3.05) is 229 Å². The van der Waals surface area contributed by atoms with Crippen LogP contribution in [0.15, 0.2) is 231 Å². The molecule has 0 aliphatic carbocycles. The van der Waals surface area contributed by atoms with Gasteiger partial charge in [-0.05, 0) is 185 Å². The Morgan fingerprint density at radius 1 is 0.371 bits per heavy atom. The monoisotopic (exact) mass is 1890 g/mol. The van der Waals surface area contributed by atoms with Gasteiger partial charge in [-0.2, -0.15) is 0 Å².